The molecular weight excluding hydrogens is 480 g/mol. The number of nitrogens with one attached hydrogen (secondary N) is 1. The second kappa shape index (κ2) is 12.2. The number of hydrogen-bond donors (Lipinski definition) is 1. The maximum atomic E-state index is 13.4. The first-order valence-electron chi connectivity index (χ1n) is 12.9. The Morgan fingerprint density at radius 1 is 1.16 bits per heavy atom. The molecule has 1 atom stereocenters. The lowest BCUT2D eigenvalue weighted by molar-refractivity contribution is 0.00585. The SMILES string of the molecule is CCCCCc1ccc(C(=O)[C@@H]2C/C(=N\OCC)CN2C(=O)NC2CN(C(=O)OC(C)(C)C)C2)c(=O)o1. The average Bonchev–Trinajstić information content (AvgIpc) is 3.22. The minimum atomic E-state index is -0.921. The van der Waals surface area contributed by atoms with Crippen molar-refractivity contribution in [2.24, 2.45) is 5.16 Å². The summed E-state index contributed by atoms with van der Waals surface area (Å²) in [6, 6.07) is 1.45. The summed E-state index contributed by atoms with van der Waals surface area (Å²) < 4.78 is 10.7. The first-order chi connectivity index (χ1) is 17.5. The molecule has 0 radical (unpaired) electrons. The Balaban J connectivity index is 1.68. The molecule has 0 saturated carbocycles. The number of rotatable bonds is 9. The van der Waals surface area contributed by atoms with Gasteiger partial charge in [-0.05, 0) is 46.2 Å². The van der Waals surface area contributed by atoms with Gasteiger partial charge < -0.3 is 29.1 Å². The van der Waals surface area contributed by atoms with E-state index in [0.717, 1.165) is 19.3 Å². The number of Topliss-reactive ketones (excluding diaryl/α,β-unsaturated/α-hetero) is 1. The maximum Gasteiger partial charge on any atom is 0.410 e. The molecule has 3 rings (SSSR count). The predicted molar refractivity (Wildman–Crippen MR) is 137 cm³/mol. The van der Waals surface area contributed by atoms with Gasteiger partial charge in [-0.1, -0.05) is 24.9 Å². The van der Waals surface area contributed by atoms with Crippen molar-refractivity contribution in [2.45, 2.75) is 84.4 Å². The number of ether oxygens (including phenoxy) is 1. The molecular formula is C26H38N4O7. The molecule has 0 spiro atoms. The Morgan fingerprint density at radius 2 is 1.89 bits per heavy atom. The Labute approximate surface area is 217 Å². The van der Waals surface area contributed by atoms with Crippen LogP contribution in [0.15, 0.2) is 26.5 Å². The van der Waals surface area contributed by atoms with Gasteiger partial charge in [-0.25, -0.2) is 14.4 Å². The van der Waals surface area contributed by atoms with Crippen molar-refractivity contribution in [3.05, 3.63) is 33.9 Å². The van der Waals surface area contributed by atoms with Crippen LogP contribution in [0.3, 0.4) is 0 Å². The average molecular weight is 519 g/mol. The summed E-state index contributed by atoms with van der Waals surface area (Å²) in [4.78, 5) is 59.3. The summed E-state index contributed by atoms with van der Waals surface area (Å²) in [6.45, 7) is 10.3. The van der Waals surface area contributed by atoms with Crippen molar-refractivity contribution in [2.75, 3.05) is 26.2 Å². The second-order valence-corrected chi connectivity index (χ2v) is 10.4. The number of amides is 3. The minimum absolute atomic E-state index is 0.0885. The Bertz CT molecular complexity index is 1070. The molecule has 0 bridgehead atoms. The summed E-state index contributed by atoms with van der Waals surface area (Å²) in [7, 11) is 0. The van der Waals surface area contributed by atoms with Crippen LogP contribution >= 0.6 is 0 Å². The molecule has 0 aromatic carbocycles. The summed E-state index contributed by atoms with van der Waals surface area (Å²) in [5.41, 5.74) is -0.883. The van der Waals surface area contributed by atoms with E-state index in [2.05, 4.69) is 17.4 Å². The van der Waals surface area contributed by atoms with Crippen LogP contribution in [-0.4, -0.2) is 77.3 Å². The molecule has 2 aliphatic heterocycles. The van der Waals surface area contributed by atoms with Crippen LogP contribution in [0.1, 0.15) is 76.4 Å². The molecule has 11 nitrogen and oxygen atoms in total. The van der Waals surface area contributed by atoms with Gasteiger partial charge in [0, 0.05) is 25.9 Å². The van der Waals surface area contributed by atoms with E-state index in [0.29, 0.717) is 37.6 Å². The van der Waals surface area contributed by atoms with Crippen molar-refractivity contribution in [3.63, 3.8) is 0 Å². The van der Waals surface area contributed by atoms with Crippen LogP contribution < -0.4 is 10.9 Å². The van der Waals surface area contributed by atoms with E-state index in [-0.39, 0.29) is 24.6 Å². The molecule has 0 aliphatic carbocycles. The lowest BCUT2D eigenvalue weighted by Crippen LogP contribution is -2.63. The number of aryl methyl sites for hydroxylation is 1. The predicted octanol–water partition coefficient (Wildman–Crippen LogP) is 3.35. The van der Waals surface area contributed by atoms with Crippen LogP contribution in [0.2, 0.25) is 0 Å². The molecule has 2 aliphatic rings. The van der Waals surface area contributed by atoms with Gasteiger partial charge in [0.2, 0.25) is 0 Å². The van der Waals surface area contributed by atoms with E-state index >= 15 is 0 Å². The summed E-state index contributed by atoms with van der Waals surface area (Å²) in [6.07, 6.45) is 3.30. The highest BCUT2D eigenvalue weighted by molar-refractivity contribution is 6.07. The number of urea groups is 1. The van der Waals surface area contributed by atoms with Gasteiger partial charge in [0.1, 0.15) is 29.6 Å². The van der Waals surface area contributed by atoms with Gasteiger partial charge in [0.05, 0.1) is 18.3 Å². The van der Waals surface area contributed by atoms with Crippen LogP contribution in [0, 0.1) is 0 Å². The first-order valence-corrected chi connectivity index (χ1v) is 12.9. The number of nitrogens with zero attached hydrogens (tertiary/aromatic N) is 3. The van der Waals surface area contributed by atoms with E-state index in [1.54, 1.807) is 33.8 Å². The fraction of sp³-hybridized carbons (Fsp3) is 0.654. The largest absolute Gasteiger partial charge is 0.444 e. The van der Waals surface area contributed by atoms with E-state index in [1.165, 1.54) is 15.9 Å². The highest BCUT2D eigenvalue weighted by Crippen LogP contribution is 2.22. The highest BCUT2D eigenvalue weighted by atomic mass is 16.6. The Kier molecular flexibility index (Phi) is 9.34. The number of oxime groups is 1. The van der Waals surface area contributed by atoms with E-state index in [1.807, 2.05) is 0 Å². The number of carbonyl (C=O) groups excluding carboxylic acids is 3. The minimum Gasteiger partial charge on any atom is -0.444 e. The van der Waals surface area contributed by atoms with Crippen LogP contribution in [0.25, 0.3) is 0 Å². The van der Waals surface area contributed by atoms with Crippen molar-refractivity contribution in [1.82, 2.24) is 15.1 Å². The van der Waals surface area contributed by atoms with Gasteiger partial charge >= 0.3 is 17.7 Å². The first kappa shape index (κ1) is 28.2. The topological polar surface area (TPSA) is 131 Å². The maximum absolute atomic E-state index is 13.4. The molecule has 3 amide bonds. The molecule has 204 valence electrons. The van der Waals surface area contributed by atoms with Gasteiger partial charge in [0.15, 0.2) is 5.78 Å². The number of likely N-dealkylation sites (tertiary alicyclic amines) is 2. The number of ketones is 1. The molecule has 1 aromatic heterocycles. The number of unbranched alkanes of at least 4 members (excludes halogenated alkanes) is 2. The van der Waals surface area contributed by atoms with Crippen molar-refractivity contribution in [1.29, 1.82) is 0 Å². The summed E-state index contributed by atoms with van der Waals surface area (Å²) in [5.74, 6) is 0.0313. The zero-order valence-electron chi connectivity index (χ0n) is 22.4. The van der Waals surface area contributed by atoms with Crippen LogP contribution in [0.4, 0.5) is 9.59 Å². The lowest BCUT2D eigenvalue weighted by atomic mass is 10.0. The fourth-order valence-electron chi connectivity index (χ4n) is 4.18. The van der Waals surface area contributed by atoms with Crippen LogP contribution in [0.5, 0.6) is 0 Å². The highest BCUT2D eigenvalue weighted by Gasteiger charge is 2.42. The van der Waals surface area contributed by atoms with Crippen molar-refractivity contribution < 1.29 is 28.4 Å². The third kappa shape index (κ3) is 7.56. The molecule has 0 unspecified atom stereocenters. The number of carbonyl (C=O) groups is 3. The molecule has 1 N–H and O–H groups in total. The van der Waals surface area contributed by atoms with Gasteiger partial charge in [0.25, 0.3) is 0 Å². The standard InChI is InChI=1S/C26H38N4O7/c1-6-8-9-10-19-11-12-20(23(32)36-19)22(31)21-13-17(28-35-7-2)16-30(21)24(33)27-18-14-29(15-18)25(34)37-26(3,4)5/h11-12,18,21H,6-10,13-16H2,1-5H3,(H,27,33)/b28-17+/t21-/m0/s1. The second-order valence-electron chi connectivity index (χ2n) is 10.4. The third-order valence-corrected chi connectivity index (χ3v) is 6.08. The summed E-state index contributed by atoms with van der Waals surface area (Å²) in [5, 5.41) is 6.89. The third-order valence-electron chi connectivity index (χ3n) is 6.08. The van der Waals surface area contributed by atoms with Gasteiger partial charge in [-0.2, -0.15) is 0 Å². The summed E-state index contributed by atoms with van der Waals surface area (Å²) >= 11 is 0. The number of hydrogen-bond acceptors (Lipinski definition) is 8. The smallest absolute Gasteiger partial charge is 0.410 e. The molecule has 2 fully saturated rings. The zero-order valence-corrected chi connectivity index (χ0v) is 22.4. The zero-order chi connectivity index (χ0) is 27.2. The van der Waals surface area contributed by atoms with Crippen LogP contribution in [-0.2, 0) is 16.0 Å². The molecule has 37 heavy (non-hydrogen) atoms. The quantitative estimate of drug-likeness (QED) is 0.301. The Hall–Kier alpha value is -3.37. The van der Waals surface area contributed by atoms with Crippen molar-refractivity contribution in [3.8, 4) is 0 Å². The van der Waals surface area contributed by atoms with Crippen molar-refractivity contribution >= 4 is 23.6 Å². The monoisotopic (exact) mass is 518 g/mol. The Morgan fingerprint density at radius 3 is 2.51 bits per heavy atom. The van der Waals surface area contributed by atoms with E-state index in [4.69, 9.17) is 14.0 Å². The molecule has 2 saturated heterocycles. The molecule has 1 aromatic rings. The fourth-order valence-corrected chi connectivity index (χ4v) is 4.18. The van der Waals surface area contributed by atoms with E-state index < -0.39 is 35.2 Å². The van der Waals surface area contributed by atoms with Gasteiger partial charge in [-0.15, -0.1) is 0 Å². The van der Waals surface area contributed by atoms with E-state index in [9.17, 15) is 19.2 Å². The van der Waals surface area contributed by atoms with Gasteiger partial charge in [-0.3, -0.25) is 4.79 Å². The normalized spacial score (nSPS) is 19.1. The lowest BCUT2D eigenvalue weighted by Gasteiger charge is -2.40. The molecule has 3 heterocycles. The molecule has 11 heteroatoms.